The number of hydrogen-bond donors (Lipinski definition) is 1. The number of pyridine rings is 1. The van der Waals surface area contributed by atoms with E-state index in [9.17, 15) is 23.2 Å². The zero-order chi connectivity index (χ0) is 24.0. The normalized spacial score (nSPS) is 23.4. The number of anilines is 1. The maximum atomic E-state index is 13.2. The third-order valence-corrected chi connectivity index (χ3v) is 6.95. The monoisotopic (exact) mass is 566 g/mol. The number of fused-ring (bicyclic) bond motifs is 4. The predicted octanol–water partition coefficient (Wildman–Crippen LogP) is 3.93. The van der Waals surface area contributed by atoms with Gasteiger partial charge in [0.05, 0.1) is 36.0 Å². The molecule has 3 heterocycles. The first-order valence-electron chi connectivity index (χ1n) is 10.9. The van der Waals surface area contributed by atoms with Crippen LogP contribution in [-0.2, 0) is 35.8 Å². The van der Waals surface area contributed by atoms with E-state index in [2.05, 4.69) is 25.3 Å². The minimum absolute atomic E-state index is 0. The van der Waals surface area contributed by atoms with Crippen molar-refractivity contribution in [3.05, 3.63) is 35.8 Å². The molecule has 183 valence electrons. The second kappa shape index (κ2) is 9.55. The molecule has 0 aromatic carbocycles. The van der Waals surface area contributed by atoms with Gasteiger partial charge in [0, 0.05) is 31.7 Å². The van der Waals surface area contributed by atoms with E-state index in [4.69, 9.17) is 4.74 Å². The molecule has 0 aliphatic heterocycles. The van der Waals surface area contributed by atoms with Gasteiger partial charge in [0.15, 0.2) is 0 Å². The number of nitrogens with zero attached hydrogens (tertiary/aromatic N) is 5. The fourth-order valence-corrected chi connectivity index (χ4v) is 5.32. The molecular weight excluding hydrogens is 547 g/mol. The van der Waals surface area contributed by atoms with Gasteiger partial charge in [0.1, 0.15) is 6.07 Å². The Balaban J connectivity index is 0.00000289. The van der Waals surface area contributed by atoms with Crippen molar-refractivity contribution in [2.24, 2.45) is 17.8 Å². The summed E-state index contributed by atoms with van der Waals surface area (Å²) < 4.78 is 44.8. The minimum Gasteiger partial charge on any atom is -0.469 e. The number of alkyl halides is 3. The number of carbonyl (C=O) groups excluding carboxylic acids is 1. The smallest absolute Gasteiger partial charge is 0.416 e. The molecule has 1 radical (unpaired) electrons. The zero-order valence-electron chi connectivity index (χ0n) is 18.5. The van der Waals surface area contributed by atoms with Crippen LogP contribution < -0.4 is 10.3 Å². The van der Waals surface area contributed by atoms with Crippen molar-refractivity contribution in [3.8, 4) is 17.3 Å². The number of methoxy groups -OCH3 is 1. The third kappa shape index (κ3) is 4.50. The van der Waals surface area contributed by atoms with Gasteiger partial charge in [-0.25, -0.2) is 9.97 Å². The molecule has 6 rings (SSSR count). The maximum absolute atomic E-state index is 13.2. The summed E-state index contributed by atoms with van der Waals surface area (Å²) in [5, 5.41) is 13.0. The topological polar surface area (TPSA) is 115 Å². The van der Waals surface area contributed by atoms with Crippen molar-refractivity contribution < 1.29 is 42.8 Å². The molecule has 12 heteroatoms. The van der Waals surface area contributed by atoms with Crippen molar-refractivity contribution in [3.63, 3.8) is 0 Å². The average Bonchev–Trinajstić information content (AvgIpc) is 3.27. The summed E-state index contributed by atoms with van der Waals surface area (Å²) in [6.07, 6.45) is 2.69. The van der Waals surface area contributed by atoms with Gasteiger partial charge in [-0.15, -0.1) is 0 Å². The van der Waals surface area contributed by atoms with Crippen LogP contribution in [0.15, 0.2) is 24.7 Å². The predicted molar refractivity (Wildman–Crippen MR) is 114 cm³/mol. The third-order valence-electron chi connectivity index (χ3n) is 6.95. The summed E-state index contributed by atoms with van der Waals surface area (Å²) in [6, 6.07) is 2.71. The molecule has 3 aliphatic rings. The molecule has 3 fully saturated rings. The van der Waals surface area contributed by atoms with Gasteiger partial charge in [0.2, 0.25) is 5.95 Å². The van der Waals surface area contributed by atoms with Crippen molar-refractivity contribution >= 4 is 23.0 Å². The van der Waals surface area contributed by atoms with Gasteiger partial charge >= 0.3 is 12.1 Å². The fourth-order valence-electron chi connectivity index (χ4n) is 5.32. The van der Waals surface area contributed by atoms with E-state index >= 15 is 0 Å². The van der Waals surface area contributed by atoms with Crippen LogP contribution in [0.3, 0.4) is 0 Å². The van der Waals surface area contributed by atoms with Gasteiger partial charge in [-0.3, -0.25) is 4.79 Å². The van der Waals surface area contributed by atoms with E-state index < -0.39 is 11.7 Å². The summed E-state index contributed by atoms with van der Waals surface area (Å²) in [5.41, 5.74) is -0.300. The van der Waals surface area contributed by atoms with Crippen LogP contribution in [0.25, 0.3) is 22.3 Å². The summed E-state index contributed by atoms with van der Waals surface area (Å²) in [4.78, 5) is 29.1. The number of esters is 1. The molecule has 3 aromatic rings. The minimum atomic E-state index is -4.57. The zero-order valence-corrected chi connectivity index (χ0v) is 20.4. The van der Waals surface area contributed by atoms with Crippen LogP contribution in [0, 0.1) is 29.1 Å². The van der Waals surface area contributed by atoms with Crippen LogP contribution in [-0.4, -0.2) is 34.1 Å². The summed E-state index contributed by atoms with van der Waals surface area (Å²) in [6.45, 7) is 0. The second-order valence-electron chi connectivity index (χ2n) is 8.73. The van der Waals surface area contributed by atoms with Crippen LogP contribution in [0.4, 0.5) is 19.1 Å². The van der Waals surface area contributed by atoms with E-state index in [1.165, 1.54) is 19.5 Å². The van der Waals surface area contributed by atoms with Gasteiger partial charge in [-0.05, 0) is 49.0 Å². The molecule has 0 unspecified atom stereocenters. The summed E-state index contributed by atoms with van der Waals surface area (Å²) >= 11 is 0. The Labute approximate surface area is 212 Å². The molecule has 3 aliphatic carbocycles. The molecule has 3 saturated carbocycles. The quantitative estimate of drug-likeness (QED) is 0.472. The first-order chi connectivity index (χ1) is 16.3. The Morgan fingerprint density at radius 3 is 2.57 bits per heavy atom. The SMILES string of the molecule is COC(=O)[C@H]1C2CCC(CC2)[C@@H]1Nc1ncc(C#N)c(-c2c[n-]c3ncc(C(F)(F)F)cc23)n1.[Tc]. The molecule has 3 aromatic heterocycles. The molecule has 2 atom stereocenters. The Morgan fingerprint density at radius 1 is 1.20 bits per heavy atom. The summed E-state index contributed by atoms with van der Waals surface area (Å²) in [7, 11) is 1.37. The average molecular weight is 567 g/mol. The molecule has 8 nitrogen and oxygen atoms in total. The first-order valence-corrected chi connectivity index (χ1v) is 10.9. The van der Waals surface area contributed by atoms with Crippen molar-refractivity contribution in [2.45, 2.75) is 37.9 Å². The molecule has 0 amide bonds. The van der Waals surface area contributed by atoms with Crippen LogP contribution in [0.5, 0.6) is 0 Å². The number of carbonyl (C=O) groups is 1. The standard InChI is InChI=1S/C23H20F3N6O2.Tc/c1-34-21(33)17-11-2-4-12(5-3-11)19(17)32-22-30-8-13(7-27)18(31-22)16-10-29-20-15(16)6-14(9-28-20)23(24,25)26;/h6,8-12,17,19H,2-5H2,1H3,(H-,28,29,30,31,32);/q-1;/t11?,12?,17-,19-;/m0./s1. The van der Waals surface area contributed by atoms with E-state index in [1.54, 1.807) is 0 Å². The number of nitriles is 1. The van der Waals surface area contributed by atoms with Crippen molar-refractivity contribution in [2.75, 3.05) is 12.4 Å². The molecule has 1 N–H and O–H groups in total. The Bertz CT molecular complexity index is 1300. The fraction of sp³-hybridized carbons (Fsp3) is 0.435. The summed E-state index contributed by atoms with van der Waals surface area (Å²) in [5.74, 6) is 0.0345. The van der Waals surface area contributed by atoms with E-state index in [0.29, 0.717) is 0 Å². The van der Waals surface area contributed by atoms with Gasteiger partial charge < -0.3 is 20.0 Å². The molecule has 2 bridgehead atoms. The molecule has 0 saturated heterocycles. The number of nitrogens with one attached hydrogen (secondary N) is 1. The van der Waals surface area contributed by atoms with Gasteiger partial charge in [-0.1, -0.05) is 18.0 Å². The van der Waals surface area contributed by atoms with Crippen molar-refractivity contribution in [1.29, 1.82) is 5.26 Å². The first kappa shape index (κ1) is 25.1. The molecule has 0 spiro atoms. The van der Waals surface area contributed by atoms with E-state index in [-0.39, 0.29) is 83.7 Å². The number of halogens is 3. The molecular formula is C23H20F3N6O2Tc-. The Kier molecular flexibility index (Phi) is 6.84. The second-order valence-corrected chi connectivity index (χ2v) is 8.73. The van der Waals surface area contributed by atoms with Gasteiger partial charge in [0.25, 0.3) is 0 Å². The Morgan fingerprint density at radius 2 is 1.91 bits per heavy atom. The van der Waals surface area contributed by atoms with E-state index in [1.807, 2.05) is 6.07 Å². The maximum Gasteiger partial charge on any atom is 0.416 e. The number of rotatable bonds is 4. The largest absolute Gasteiger partial charge is 0.469 e. The van der Waals surface area contributed by atoms with E-state index in [0.717, 1.165) is 37.9 Å². The Hall–Kier alpha value is -3.03. The van der Waals surface area contributed by atoms with Crippen LogP contribution >= 0.6 is 0 Å². The molecule has 35 heavy (non-hydrogen) atoms. The van der Waals surface area contributed by atoms with Crippen LogP contribution in [0.1, 0.15) is 36.8 Å². The number of ether oxygens (including phenoxy) is 1. The number of hydrogen-bond acceptors (Lipinski definition) is 7. The van der Waals surface area contributed by atoms with Gasteiger partial charge in [-0.2, -0.15) is 18.4 Å². The van der Waals surface area contributed by atoms with Crippen LogP contribution in [0.2, 0.25) is 0 Å². The van der Waals surface area contributed by atoms with Crippen molar-refractivity contribution in [1.82, 2.24) is 19.9 Å². The number of aromatic nitrogens is 4.